The van der Waals surface area contributed by atoms with Gasteiger partial charge in [0.15, 0.2) is 15.8 Å². The molecule has 0 aliphatic rings. The van der Waals surface area contributed by atoms with Crippen LogP contribution in [0, 0.1) is 0 Å². The van der Waals surface area contributed by atoms with Gasteiger partial charge in [-0.1, -0.05) is 24.3 Å². The molecule has 0 bridgehead atoms. The molecule has 28 heavy (non-hydrogen) atoms. The molecule has 10 heteroatoms. The van der Waals surface area contributed by atoms with Crippen molar-refractivity contribution in [2.45, 2.75) is 21.1 Å². The number of rotatable bonds is 6. The number of benzene rings is 2. The molecule has 4 N–H and O–H groups in total. The second-order valence-corrected chi connectivity index (χ2v) is 9.78. The zero-order chi connectivity index (χ0) is 21.1. The number of carbonyl (C=O) groups is 1. The molecule has 2 aromatic carbocycles. The lowest BCUT2D eigenvalue weighted by atomic mass is 10.0. The van der Waals surface area contributed by atoms with Crippen LogP contribution in [0.25, 0.3) is 0 Å². The third-order valence-corrected chi connectivity index (χ3v) is 6.81. The Balaban J connectivity index is 2.90. The maximum Gasteiger partial charge on any atom is 0.280 e. The molecule has 0 fully saturated rings. The van der Waals surface area contributed by atoms with Crippen LogP contribution in [-0.4, -0.2) is 35.0 Å². The number of aliphatic imine (C=N–C) groups is 1. The fourth-order valence-electron chi connectivity index (χ4n) is 2.53. The Kier molecular flexibility index (Phi) is 6.05. The summed E-state index contributed by atoms with van der Waals surface area (Å²) in [5, 5.41) is 0. The third-order valence-electron chi connectivity index (χ3n) is 3.74. The summed E-state index contributed by atoms with van der Waals surface area (Å²) in [4.78, 5) is 14.7. The van der Waals surface area contributed by atoms with E-state index in [0.717, 1.165) is 18.4 Å². The molecule has 1 amide bonds. The van der Waals surface area contributed by atoms with Gasteiger partial charge in [-0.2, -0.15) is 4.99 Å². The van der Waals surface area contributed by atoms with Crippen molar-refractivity contribution in [3.05, 3.63) is 66.2 Å². The summed E-state index contributed by atoms with van der Waals surface area (Å²) in [5.41, 5.74) is 10.6. The van der Waals surface area contributed by atoms with Crippen molar-refractivity contribution in [2.75, 3.05) is 6.26 Å². The molecule has 0 heterocycles. The van der Waals surface area contributed by atoms with Crippen molar-refractivity contribution in [2.24, 2.45) is 16.5 Å². The second-order valence-electron chi connectivity index (χ2n) is 5.88. The molecular weight excluding hydrogens is 402 g/mol. The van der Waals surface area contributed by atoms with Crippen molar-refractivity contribution in [1.29, 1.82) is 0 Å². The molecule has 2 aromatic rings. The predicted octanol–water partition coefficient (Wildman–Crippen LogP) is 1.07. The van der Waals surface area contributed by atoms with Crippen molar-refractivity contribution >= 4 is 31.5 Å². The highest BCUT2D eigenvalue weighted by Gasteiger charge is 2.29. The molecule has 0 saturated carbocycles. The van der Waals surface area contributed by atoms with Crippen molar-refractivity contribution in [3.63, 3.8) is 0 Å². The number of guanidine groups is 1. The number of hydrogen-bond acceptors (Lipinski definition) is 5. The lowest BCUT2D eigenvalue weighted by Gasteiger charge is -2.14. The Labute approximate surface area is 163 Å². The highest BCUT2D eigenvalue weighted by Crippen LogP contribution is 2.31. The van der Waals surface area contributed by atoms with Gasteiger partial charge in [0, 0.05) is 11.8 Å². The van der Waals surface area contributed by atoms with E-state index >= 15 is 0 Å². The lowest BCUT2D eigenvalue weighted by Crippen LogP contribution is -2.24. The highest BCUT2D eigenvalue weighted by molar-refractivity contribution is 7.94. The van der Waals surface area contributed by atoms with Crippen LogP contribution in [-0.2, 0) is 26.1 Å². The first kappa shape index (κ1) is 21.3. The fraction of sp³-hybridized carbons (Fsp3) is 0.111. The molecule has 0 aliphatic heterocycles. The number of carbonyl (C=O) groups excluding carboxylic acids is 1. The Morgan fingerprint density at radius 3 is 2.18 bits per heavy atom. The average Bonchev–Trinajstić information content (AvgIpc) is 2.60. The van der Waals surface area contributed by atoms with Crippen LogP contribution in [0.5, 0.6) is 0 Å². The monoisotopic (exact) mass is 421 g/mol. The number of nitrogens with zero attached hydrogens (tertiary/aromatic N) is 1. The van der Waals surface area contributed by atoms with Crippen LogP contribution in [0.3, 0.4) is 0 Å². The fourth-order valence-corrected chi connectivity index (χ4v) is 5.46. The average molecular weight is 422 g/mol. The molecule has 148 valence electrons. The van der Waals surface area contributed by atoms with Crippen LogP contribution in [0.4, 0.5) is 0 Å². The first-order chi connectivity index (χ1) is 13.0. The van der Waals surface area contributed by atoms with E-state index in [1.165, 1.54) is 30.3 Å². The molecule has 0 radical (unpaired) electrons. The summed E-state index contributed by atoms with van der Waals surface area (Å²) in [6.45, 7) is 3.57. The Morgan fingerprint density at radius 2 is 1.68 bits per heavy atom. The first-order valence-electron chi connectivity index (χ1n) is 7.90. The minimum absolute atomic E-state index is 0.0762. The molecule has 8 nitrogen and oxygen atoms in total. The number of nitrogens with two attached hydrogens (primary N) is 2. The van der Waals surface area contributed by atoms with Gasteiger partial charge in [-0.05, 0) is 36.2 Å². The van der Waals surface area contributed by atoms with E-state index < -0.39 is 41.3 Å². The van der Waals surface area contributed by atoms with E-state index in [-0.39, 0.29) is 22.4 Å². The largest absolute Gasteiger partial charge is 0.370 e. The number of allylic oxidation sites excluding steroid dienone is 1. The minimum atomic E-state index is -4.17. The van der Waals surface area contributed by atoms with Gasteiger partial charge >= 0.3 is 0 Å². The normalized spacial score (nSPS) is 11.6. The van der Waals surface area contributed by atoms with Crippen molar-refractivity contribution in [1.82, 2.24) is 0 Å². The van der Waals surface area contributed by atoms with E-state index in [9.17, 15) is 21.6 Å². The van der Waals surface area contributed by atoms with E-state index in [2.05, 4.69) is 11.6 Å². The quantitative estimate of drug-likeness (QED) is 0.402. The second kappa shape index (κ2) is 7.95. The van der Waals surface area contributed by atoms with Crippen LogP contribution in [0.1, 0.15) is 15.9 Å². The van der Waals surface area contributed by atoms with Crippen molar-refractivity contribution in [3.8, 4) is 0 Å². The molecule has 0 aliphatic carbocycles. The topological polar surface area (TPSA) is 150 Å². The lowest BCUT2D eigenvalue weighted by molar-refractivity contribution is 0.100. The summed E-state index contributed by atoms with van der Waals surface area (Å²) < 4.78 is 50.8. The van der Waals surface area contributed by atoms with Gasteiger partial charge in [-0.15, -0.1) is 6.58 Å². The van der Waals surface area contributed by atoms with Gasteiger partial charge in [0.2, 0.25) is 9.84 Å². The summed E-state index contributed by atoms with van der Waals surface area (Å²) >= 11 is 0. The van der Waals surface area contributed by atoms with Gasteiger partial charge in [-0.3, -0.25) is 4.79 Å². The standard InChI is InChI=1S/C18H19N3O5S2/c1-3-7-12-10-16(28(25,26)13-8-5-4-6-9-13)15(27(2,23)24)11-14(12)17(22)21-18(19)20/h3-6,8-11H,1,7H2,2H3,(H4,19,20,21,22). The summed E-state index contributed by atoms with van der Waals surface area (Å²) in [7, 11) is -8.18. The molecule has 0 aromatic heterocycles. The van der Waals surface area contributed by atoms with Crippen LogP contribution < -0.4 is 11.5 Å². The van der Waals surface area contributed by atoms with Gasteiger partial charge < -0.3 is 11.5 Å². The van der Waals surface area contributed by atoms with Crippen LogP contribution in [0.15, 0.2) is 74.8 Å². The van der Waals surface area contributed by atoms with Gasteiger partial charge in [0.1, 0.15) is 0 Å². The van der Waals surface area contributed by atoms with Crippen LogP contribution in [0.2, 0.25) is 0 Å². The third kappa shape index (κ3) is 4.46. The van der Waals surface area contributed by atoms with Crippen molar-refractivity contribution < 1.29 is 21.6 Å². The van der Waals surface area contributed by atoms with E-state index in [1.807, 2.05) is 0 Å². The predicted molar refractivity (Wildman–Crippen MR) is 105 cm³/mol. The summed E-state index contributed by atoms with van der Waals surface area (Å²) in [6, 6.07) is 9.52. The highest BCUT2D eigenvalue weighted by atomic mass is 32.2. The minimum Gasteiger partial charge on any atom is -0.370 e. The summed E-state index contributed by atoms with van der Waals surface area (Å²) in [5.74, 6) is -1.39. The SMILES string of the molecule is C=CCc1cc(S(=O)(=O)c2ccccc2)c(S(C)(=O)=O)cc1C(=O)N=C(N)N. The molecule has 0 spiro atoms. The molecule has 0 unspecified atom stereocenters. The smallest absolute Gasteiger partial charge is 0.280 e. The number of amides is 1. The van der Waals surface area contributed by atoms with E-state index in [0.29, 0.717) is 0 Å². The zero-order valence-corrected chi connectivity index (χ0v) is 16.6. The van der Waals surface area contributed by atoms with E-state index in [4.69, 9.17) is 11.5 Å². The first-order valence-corrected chi connectivity index (χ1v) is 11.3. The van der Waals surface area contributed by atoms with Gasteiger partial charge in [0.05, 0.1) is 14.7 Å². The molecule has 2 rings (SSSR count). The summed E-state index contributed by atoms with van der Waals surface area (Å²) in [6.07, 6.45) is 2.40. The van der Waals surface area contributed by atoms with E-state index in [1.54, 1.807) is 6.07 Å². The Bertz CT molecular complexity index is 1170. The van der Waals surface area contributed by atoms with Gasteiger partial charge in [0.25, 0.3) is 5.91 Å². The maximum absolute atomic E-state index is 13.1. The zero-order valence-electron chi connectivity index (χ0n) is 15.0. The molecule has 0 saturated heterocycles. The molecular formula is C18H19N3O5S2. The maximum atomic E-state index is 13.1. The number of hydrogen-bond donors (Lipinski definition) is 2. The van der Waals surface area contributed by atoms with Gasteiger partial charge in [-0.25, -0.2) is 16.8 Å². The molecule has 0 atom stereocenters. The Hall–Kier alpha value is -2.98. The number of sulfone groups is 2. The van der Waals surface area contributed by atoms with Crippen LogP contribution >= 0.6 is 0 Å². The Morgan fingerprint density at radius 1 is 1.07 bits per heavy atom.